The number of para-hydroxylation sites is 1. The maximum Gasteiger partial charge on any atom is 0.0795 e. The van der Waals surface area contributed by atoms with Crippen molar-refractivity contribution in [2.24, 2.45) is 0 Å². The first-order valence-corrected chi connectivity index (χ1v) is 15.5. The van der Waals surface area contributed by atoms with Crippen LogP contribution in [0.15, 0.2) is 164 Å². The summed E-state index contributed by atoms with van der Waals surface area (Å²) in [6.07, 6.45) is 3.82. The number of fused-ring (bicyclic) bond motifs is 4. The molecule has 0 amide bonds. The summed E-state index contributed by atoms with van der Waals surface area (Å²) in [5, 5.41) is 7.08. The van der Waals surface area contributed by atoms with E-state index in [1.165, 1.54) is 27.1 Å². The second-order valence-corrected chi connectivity index (χ2v) is 11.7. The van der Waals surface area contributed by atoms with Crippen LogP contribution in [0.4, 0.5) is 0 Å². The van der Waals surface area contributed by atoms with Crippen LogP contribution in [-0.2, 0) is 0 Å². The van der Waals surface area contributed by atoms with E-state index in [2.05, 4.69) is 151 Å². The monoisotopic (exact) mass is 585 g/mol. The molecule has 9 aromatic rings. The van der Waals surface area contributed by atoms with Crippen molar-refractivity contribution < 1.29 is 0 Å². The molecule has 0 aliphatic carbocycles. The second-order valence-electron chi connectivity index (χ2n) is 11.7. The van der Waals surface area contributed by atoms with Gasteiger partial charge in [0.2, 0.25) is 0 Å². The van der Waals surface area contributed by atoms with Crippen LogP contribution in [0.25, 0.3) is 88.1 Å². The van der Waals surface area contributed by atoms with Gasteiger partial charge in [-0.15, -0.1) is 0 Å². The quantitative estimate of drug-likeness (QED) is 0.206. The van der Waals surface area contributed by atoms with E-state index in [0.717, 1.165) is 61.0 Å². The minimum atomic E-state index is 0.901. The number of hydrogen-bond donors (Lipinski definition) is 0. The number of nitrogens with zero attached hydrogens (tertiary/aromatic N) is 3. The molecular formula is C43H27N3. The lowest BCUT2D eigenvalue weighted by molar-refractivity contribution is 1.32. The van der Waals surface area contributed by atoms with Gasteiger partial charge in [0.1, 0.15) is 0 Å². The summed E-state index contributed by atoms with van der Waals surface area (Å²) in [6, 6.07) is 53.6. The van der Waals surface area contributed by atoms with Gasteiger partial charge >= 0.3 is 0 Å². The second kappa shape index (κ2) is 10.8. The maximum atomic E-state index is 5.19. The largest absolute Gasteiger partial charge is 0.256 e. The first-order valence-electron chi connectivity index (χ1n) is 15.5. The molecule has 0 fully saturated rings. The number of hydrogen-bond acceptors (Lipinski definition) is 3. The zero-order valence-electron chi connectivity index (χ0n) is 24.9. The molecule has 0 atom stereocenters. The molecule has 0 saturated heterocycles. The summed E-state index contributed by atoms with van der Waals surface area (Å²) in [5.74, 6) is 0. The van der Waals surface area contributed by atoms with E-state index in [4.69, 9.17) is 9.97 Å². The Hall–Kier alpha value is -6.19. The van der Waals surface area contributed by atoms with Gasteiger partial charge in [0, 0.05) is 39.9 Å². The van der Waals surface area contributed by atoms with Crippen LogP contribution in [0.3, 0.4) is 0 Å². The van der Waals surface area contributed by atoms with Crippen molar-refractivity contribution in [1.29, 1.82) is 0 Å². The lowest BCUT2D eigenvalue weighted by Gasteiger charge is -2.13. The highest BCUT2D eigenvalue weighted by Crippen LogP contribution is 2.37. The highest BCUT2D eigenvalue weighted by atomic mass is 14.7. The number of aromatic nitrogens is 3. The van der Waals surface area contributed by atoms with Crippen molar-refractivity contribution in [3.63, 3.8) is 0 Å². The third-order valence-corrected chi connectivity index (χ3v) is 8.92. The van der Waals surface area contributed by atoms with Gasteiger partial charge in [0.05, 0.1) is 22.4 Å². The summed E-state index contributed by atoms with van der Waals surface area (Å²) in [5.41, 5.74) is 10.4. The van der Waals surface area contributed by atoms with Crippen LogP contribution < -0.4 is 0 Å². The third kappa shape index (κ3) is 4.58. The lowest BCUT2D eigenvalue weighted by Crippen LogP contribution is -1.93. The fourth-order valence-corrected chi connectivity index (χ4v) is 6.53. The number of pyridine rings is 3. The van der Waals surface area contributed by atoms with Gasteiger partial charge in [0.15, 0.2) is 0 Å². The molecule has 0 aliphatic heterocycles. The van der Waals surface area contributed by atoms with Crippen molar-refractivity contribution in [3.8, 4) is 44.8 Å². The topological polar surface area (TPSA) is 38.7 Å². The third-order valence-electron chi connectivity index (χ3n) is 8.92. The zero-order chi connectivity index (χ0) is 30.5. The Balaban J connectivity index is 1.22. The molecule has 9 rings (SSSR count). The van der Waals surface area contributed by atoms with Crippen LogP contribution >= 0.6 is 0 Å². The molecule has 3 aromatic heterocycles. The van der Waals surface area contributed by atoms with Crippen molar-refractivity contribution in [2.75, 3.05) is 0 Å². The van der Waals surface area contributed by atoms with Crippen LogP contribution in [0.5, 0.6) is 0 Å². The SMILES string of the molecule is c1ccc2cc(-c3ccc4nc(-c5ccc6ccccc6c5)cc(-c5ccc(-c6cccc7cccnc67)nc5)c4c3)ccc2c1. The van der Waals surface area contributed by atoms with Gasteiger partial charge in [-0.1, -0.05) is 109 Å². The van der Waals surface area contributed by atoms with Gasteiger partial charge in [-0.25, -0.2) is 4.98 Å². The average molecular weight is 586 g/mol. The van der Waals surface area contributed by atoms with E-state index in [9.17, 15) is 0 Å². The summed E-state index contributed by atoms with van der Waals surface area (Å²) >= 11 is 0. The summed E-state index contributed by atoms with van der Waals surface area (Å²) in [4.78, 5) is 14.8. The van der Waals surface area contributed by atoms with E-state index >= 15 is 0 Å². The molecule has 0 unspecified atom stereocenters. The van der Waals surface area contributed by atoms with Gasteiger partial charge in [-0.05, 0) is 80.7 Å². The van der Waals surface area contributed by atoms with E-state index in [1.807, 2.05) is 18.5 Å². The summed E-state index contributed by atoms with van der Waals surface area (Å²) in [7, 11) is 0. The van der Waals surface area contributed by atoms with Crippen LogP contribution in [0, 0.1) is 0 Å². The Morgan fingerprint density at radius 1 is 0.370 bits per heavy atom. The molecule has 0 radical (unpaired) electrons. The lowest BCUT2D eigenvalue weighted by atomic mass is 9.94. The minimum Gasteiger partial charge on any atom is -0.256 e. The first kappa shape index (κ1) is 26.2. The molecule has 0 N–H and O–H groups in total. The van der Waals surface area contributed by atoms with Crippen molar-refractivity contribution >= 4 is 43.4 Å². The van der Waals surface area contributed by atoms with Crippen LogP contribution in [0.1, 0.15) is 0 Å². The predicted molar refractivity (Wildman–Crippen MR) is 192 cm³/mol. The Morgan fingerprint density at radius 2 is 1.02 bits per heavy atom. The zero-order valence-corrected chi connectivity index (χ0v) is 24.9. The molecule has 3 heteroatoms. The Labute approximate surface area is 266 Å². The van der Waals surface area contributed by atoms with Gasteiger partial charge < -0.3 is 0 Å². The summed E-state index contributed by atoms with van der Waals surface area (Å²) < 4.78 is 0. The van der Waals surface area contributed by atoms with Gasteiger partial charge in [-0.3, -0.25) is 9.97 Å². The molecule has 0 spiro atoms. The molecule has 3 heterocycles. The van der Waals surface area contributed by atoms with Gasteiger partial charge in [-0.2, -0.15) is 0 Å². The van der Waals surface area contributed by atoms with E-state index < -0.39 is 0 Å². The molecule has 214 valence electrons. The highest BCUT2D eigenvalue weighted by molar-refractivity contribution is 6.00. The highest BCUT2D eigenvalue weighted by Gasteiger charge is 2.14. The average Bonchev–Trinajstić information content (AvgIpc) is 3.13. The van der Waals surface area contributed by atoms with Crippen LogP contribution in [0.2, 0.25) is 0 Å². The van der Waals surface area contributed by atoms with Crippen molar-refractivity contribution in [2.45, 2.75) is 0 Å². The molecule has 46 heavy (non-hydrogen) atoms. The molecule has 0 saturated carbocycles. The maximum absolute atomic E-state index is 5.19. The fourth-order valence-electron chi connectivity index (χ4n) is 6.53. The molecule has 6 aromatic carbocycles. The predicted octanol–water partition coefficient (Wildman–Crippen LogP) is 11.2. The standard InChI is InChI=1S/C43H27N3/c1-3-9-31-23-33(16-14-28(31)7-1)34-18-21-41-39(25-34)38(26-42(46-41)35-17-15-29-8-2-4-10-32(29)24-35)36-19-20-40(45-27-36)37-13-5-11-30-12-6-22-44-43(30)37/h1-27H. The fraction of sp³-hybridized carbons (Fsp3) is 0. The molecular weight excluding hydrogens is 558 g/mol. The molecule has 3 nitrogen and oxygen atoms in total. The van der Waals surface area contributed by atoms with E-state index in [0.29, 0.717) is 0 Å². The minimum absolute atomic E-state index is 0.901. The summed E-state index contributed by atoms with van der Waals surface area (Å²) in [6.45, 7) is 0. The Morgan fingerprint density at radius 3 is 1.80 bits per heavy atom. The van der Waals surface area contributed by atoms with Crippen molar-refractivity contribution in [1.82, 2.24) is 15.0 Å². The van der Waals surface area contributed by atoms with E-state index in [-0.39, 0.29) is 0 Å². The Bertz CT molecular complexity index is 2580. The van der Waals surface area contributed by atoms with E-state index in [1.54, 1.807) is 0 Å². The van der Waals surface area contributed by atoms with Gasteiger partial charge in [0.25, 0.3) is 0 Å². The first-order chi connectivity index (χ1) is 22.8. The van der Waals surface area contributed by atoms with Crippen molar-refractivity contribution in [3.05, 3.63) is 164 Å². The molecule has 0 aliphatic rings. The Kier molecular flexibility index (Phi) is 6.14. The molecule has 0 bridgehead atoms. The number of rotatable bonds is 4. The smallest absolute Gasteiger partial charge is 0.0795 e. The van der Waals surface area contributed by atoms with Crippen LogP contribution in [-0.4, -0.2) is 15.0 Å². The number of benzene rings is 6. The normalized spacial score (nSPS) is 11.5.